The first-order valence-electron chi connectivity index (χ1n) is 10.4. The minimum absolute atomic E-state index is 0.0377. The van der Waals surface area contributed by atoms with Gasteiger partial charge in [0.2, 0.25) is 5.28 Å². The van der Waals surface area contributed by atoms with Crippen molar-refractivity contribution in [3.8, 4) is 5.75 Å². The van der Waals surface area contributed by atoms with E-state index >= 15 is 0 Å². The summed E-state index contributed by atoms with van der Waals surface area (Å²) in [6.45, 7) is -2.65. The Morgan fingerprint density at radius 2 is 1.78 bits per heavy atom. The molecule has 1 fully saturated rings. The number of anilines is 1. The molecule has 3 heterocycles. The van der Waals surface area contributed by atoms with Gasteiger partial charge in [0, 0.05) is 37.8 Å². The lowest BCUT2D eigenvalue weighted by Crippen LogP contribution is -2.30. The van der Waals surface area contributed by atoms with Crippen molar-refractivity contribution in [2.45, 2.75) is 42.0 Å². The van der Waals surface area contributed by atoms with Crippen LogP contribution in [0.25, 0.3) is 0 Å². The largest absolute Gasteiger partial charge is 0.484 e. The lowest BCUT2D eigenvalue weighted by atomic mass is 10.2. The normalized spacial score (nSPS) is 19.1. The summed E-state index contributed by atoms with van der Waals surface area (Å²) in [5.41, 5.74) is 0.795. The van der Waals surface area contributed by atoms with E-state index in [4.69, 9.17) is 23.2 Å². The van der Waals surface area contributed by atoms with Gasteiger partial charge in [-0.15, -0.1) is 0 Å². The standard InChI is InChI=1S/C20H18Cl2F6N4O3S/c21-14-5-11(35-10-20(26,27)28)1-2-16(14)36(33,34)12-3-4-32(6-12)17-13-7-31(9-19(23,24)25)8-15(13)29-18(22)30-17/h1-2,5,12H,3-4,6-10H2/t12-/m0/s1. The number of nitrogens with zero attached hydrogens (tertiary/aromatic N) is 4. The van der Waals surface area contributed by atoms with E-state index in [1.165, 1.54) is 0 Å². The zero-order valence-corrected chi connectivity index (χ0v) is 20.5. The number of fused-ring (bicyclic) bond motifs is 1. The molecule has 1 atom stereocenters. The second-order valence-electron chi connectivity index (χ2n) is 8.40. The Bertz CT molecular complexity index is 1260. The van der Waals surface area contributed by atoms with E-state index in [9.17, 15) is 34.8 Å². The molecule has 2 aromatic rings. The van der Waals surface area contributed by atoms with Crippen molar-refractivity contribution >= 4 is 38.9 Å². The van der Waals surface area contributed by atoms with Crippen molar-refractivity contribution in [1.82, 2.24) is 14.9 Å². The van der Waals surface area contributed by atoms with Gasteiger partial charge >= 0.3 is 12.4 Å². The minimum atomic E-state index is -4.57. The summed E-state index contributed by atoms with van der Waals surface area (Å²) in [5.74, 6) is 0.0355. The highest BCUT2D eigenvalue weighted by Gasteiger charge is 2.40. The number of hydrogen-bond acceptors (Lipinski definition) is 7. The molecular formula is C20H18Cl2F6N4O3S. The first-order valence-corrected chi connectivity index (χ1v) is 12.7. The first kappa shape index (κ1) is 27.0. The van der Waals surface area contributed by atoms with Crippen LogP contribution in [0.5, 0.6) is 5.75 Å². The summed E-state index contributed by atoms with van der Waals surface area (Å²) in [6, 6.07) is 3.17. The third-order valence-electron chi connectivity index (χ3n) is 5.70. The maximum Gasteiger partial charge on any atom is 0.422 e. The summed E-state index contributed by atoms with van der Waals surface area (Å²) >= 11 is 12.1. The minimum Gasteiger partial charge on any atom is -0.484 e. The van der Waals surface area contributed by atoms with E-state index in [1.807, 2.05) is 0 Å². The Balaban J connectivity index is 1.52. The molecule has 0 unspecified atom stereocenters. The summed E-state index contributed by atoms with van der Waals surface area (Å²) in [6.07, 6.45) is -8.81. The Morgan fingerprint density at radius 3 is 2.42 bits per heavy atom. The average molecular weight is 579 g/mol. The highest BCUT2D eigenvalue weighted by Crippen LogP contribution is 2.37. The van der Waals surface area contributed by atoms with Crippen molar-refractivity contribution in [3.63, 3.8) is 0 Å². The maximum absolute atomic E-state index is 13.2. The topological polar surface area (TPSA) is 75.6 Å². The van der Waals surface area contributed by atoms with E-state index in [2.05, 4.69) is 14.7 Å². The molecule has 0 bridgehead atoms. The van der Waals surface area contributed by atoms with Crippen LogP contribution in [0.4, 0.5) is 32.2 Å². The van der Waals surface area contributed by atoms with E-state index < -0.39 is 40.6 Å². The van der Waals surface area contributed by atoms with E-state index in [0.29, 0.717) is 11.3 Å². The van der Waals surface area contributed by atoms with Crippen molar-refractivity contribution < 1.29 is 39.5 Å². The number of sulfone groups is 1. The fraction of sp³-hybridized carbons (Fsp3) is 0.500. The Hall–Kier alpha value is -2.03. The Labute approximate surface area is 211 Å². The molecule has 198 valence electrons. The predicted molar refractivity (Wildman–Crippen MR) is 118 cm³/mol. The molecule has 0 amide bonds. The van der Waals surface area contributed by atoms with Crippen LogP contribution in [-0.2, 0) is 22.9 Å². The molecule has 2 aliphatic rings. The molecular weight excluding hydrogens is 561 g/mol. The van der Waals surface area contributed by atoms with Crippen molar-refractivity contribution in [2.75, 3.05) is 31.1 Å². The third-order valence-corrected chi connectivity index (χ3v) is 8.52. The van der Waals surface area contributed by atoms with Gasteiger partial charge < -0.3 is 9.64 Å². The number of hydrogen-bond donors (Lipinski definition) is 0. The van der Waals surface area contributed by atoms with Gasteiger partial charge in [-0.05, 0) is 30.2 Å². The second kappa shape index (κ2) is 9.69. The summed E-state index contributed by atoms with van der Waals surface area (Å²) in [7, 11) is -4.02. The van der Waals surface area contributed by atoms with Gasteiger partial charge in [0.25, 0.3) is 0 Å². The lowest BCUT2D eigenvalue weighted by Gasteiger charge is -2.21. The van der Waals surface area contributed by atoms with Crippen LogP contribution in [0.15, 0.2) is 23.1 Å². The van der Waals surface area contributed by atoms with Gasteiger partial charge in [0.05, 0.1) is 27.4 Å². The predicted octanol–water partition coefficient (Wildman–Crippen LogP) is 4.66. The number of aromatic nitrogens is 2. The van der Waals surface area contributed by atoms with Crippen LogP contribution >= 0.6 is 23.2 Å². The van der Waals surface area contributed by atoms with Crippen LogP contribution < -0.4 is 9.64 Å². The Morgan fingerprint density at radius 1 is 1.06 bits per heavy atom. The van der Waals surface area contributed by atoms with Gasteiger partial charge in [0.15, 0.2) is 16.4 Å². The third kappa shape index (κ3) is 6.09. The number of rotatable bonds is 6. The molecule has 36 heavy (non-hydrogen) atoms. The molecule has 7 nitrogen and oxygen atoms in total. The van der Waals surface area contributed by atoms with Gasteiger partial charge in [0.1, 0.15) is 11.6 Å². The van der Waals surface area contributed by atoms with E-state index in [0.717, 1.165) is 23.1 Å². The molecule has 16 heteroatoms. The van der Waals surface area contributed by atoms with Crippen molar-refractivity contribution in [1.29, 1.82) is 0 Å². The van der Waals surface area contributed by atoms with Gasteiger partial charge in [-0.2, -0.15) is 26.3 Å². The first-order chi connectivity index (χ1) is 16.6. The van der Waals surface area contributed by atoms with Crippen molar-refractivity contribution in [2.24, 2.45) is 0 Å². The number of halogens is 8. The molecule has 0 aliphatic carbocycles. The van der Waals surface area contributed by atoms with Crippen molar-refractivity contribution in [3.05, 3.63) is 39.8 Å². The summed E-state index contributed by atoms with van der Waals surface area (Å²) < 4.78 is 107. The van der Waals surface area contributed by atoms with Crippen LogP contribution in [0.1, 0.15) is 17.7 Å². The number of benzene rings is 1. The molecule has 2 aliphatic heterocycles. The quantitative estimate of drug-likeness (QED) is 0.364. The molecule has 1 aromatic heterocycles. The van der Waals surface area contributed by atoms with Gasteiger partial charge in [-0.25, -0.2) is 18.4 Å². The summed E-state index contributed by atoms with van der Waals surface area (Å²) in [4.78, 5) is 10.7. The van der Waals surface area contributed by atoms with Gasteiger partial charge in [-0.3, -0.25) is 4.90 Å². The number of alkyl halides is 6. The lowest BCUT2D eigenvalue weighted by molar-refractivity contribution is -0.153. The SMILES string of the molecule is O=S(=O)(c1ccc(OCC(F)(F)F)cc1Cl)[C@H]1CCN(c2nc(Cl)nc3c2CN(CC(F)(F)F)C3)C1. The molecule has 1 aromatic carbocycles. The molecule has 0 spiro atoms. The van der Waals surface area contributed by atoms with E-state index in [-0.39, 0.29) is 59.4 Å². The van der Waals surface area contributed by atoms with E-state index in [1.54, 1.807) is 4.90 Å². The second-order valence-corrected chi connectivity index (χ2v) is 11.3. The molecule has 1 saturated heterocycles. The molecule has 0 radical (unpaired) electrons. The van der Waals surface area contributed by atoms with Crippen LogP contribution in [-0.4, -0.2) is 67.1 Å². The molecule has 0 N–H and O–H groups in total. The zero-order valence-electron chi connectivity index (χ0n) is 18.2. The van der Waals surface area contributed by atoms with Crippen LogP contribution in [0.2, 0.25) is 10.3 Å². The highest BCUT2D eigenvalue weighted by molar-refractivity contribution is 7.92. The average Bonchev–Trinajstić information content (AvgIpc) is 3.37. The summed E-state index contributed by atoms with van der Waals surface area (Å²) in [5, 5.41) is -1.41. The molecule has 4 rings (SSSR count). The molecule has 0 saturated carbocycles. The fourth-order valence-electron chi connectivity index (χ4n) is 4.22. The monoisotopic (exact) mass is 578 g/mol. The van der Waals surface area contributed by atoms with Gasteiger partial charge in [-0.1, -0.05) is 11.6 Å². The Kier molecular flexibility index (Phi) is 7.27. The van der Waals surface area contributed by atoms with Crippen LogP contribution in [0, 0.1) is 0 Å². The fourth-order valence-corrected chi connectivity index (χ4v) is 6.63. The zero-order chi connectivity index (χ0) is 26.5. The smallest absolute Gasteiger partial charge is 0.422 e. The van der Waals surface area contributed by atoms with Crippen LogP contribution in [0.3, 0.4) is 0 Å². The highest BCUT2D eigenvalue weighted by atomic mass is 35.5. The maximum atomic E-state index is 13.2. The number of ether oxygens (including phenoxy) is 1.